The molecule has 9 rings (SSSR count). The summed E-state index contributed by atoms with van der Waals surface area (Å²) in [5.74, 6) is -3.59. The summed E-state index contributed by atoms with van der Waals surface area (Å²) >= 11 is 0. The van der Waals surface area contributed by atoms with Crippen molar-refractivity contribution in [2.24, 2.45) is 0 Å². The Morgan fingerprint density at radius 1 is 0.255 bits per heavy atom. The van der Waals surface area contributed by atoms with E-state index in [9.17, 15) is 137 Å². The van der Waals surface area contributed by atoms with E-state index in [1.807, 2.05) is 0 Å². The molecule has 4 amide bonds. The molecule has 0 bridgehead atoms. The first kappa shape index (κ1) is 90.2. The van der Waals surface area contributed by atoms with E-state index in [0.29, 0.717) is 0 Å². The van der Waals surface area contributed by atoms with Crippen LogP contribution in [0.4, 0.5) is 0 Å². The van der Waals surface area contributed by atoms with Gasteiger partial charge in [-0.15, -0.1) is 0 Å². The highest BCUT2D eigenvalue weighted by Gasteiger charge is 2.60. The summed E-state index contributed by atoms with van der Waals surface area (Å²) in [5, 5.41) is 265. The summed E-state index contributed by atoms with van der Waals surface area (Å²) in [6, 6.07) is -7.36. The summed E-state index contributed by atoms with van der Waals surface area (Å²) in [6.07, 6.45) is -80.7. The van der Waals surface area contributed by atoms with Crippen LogP contribution in [0.25, 0.3) is 0 Å². The molecule has 636 valence electrons. The standard InChI is InChI=1S/C62H104N4O44/c1-14-31(76)41(86)45(90)58(96-14)109-52-43(88)34(79)21(8-68)100-61(52)105-48-23(10-70)102-56(28(39(48)84)64-17(4)73)95-13-26-37(82)51(47(92)60(104-26)107-50-30(66-19(6)75)54(93)98-25(36(50)81)12-94-55-27(63-16(3)72)38(83)33(78)20(7-67)99-55)108-57-29(65-18(5)74)40(85)49(24(11-71)103-57)106-62-53(44(89)35(80)22(9-69)101-62)110-59-46(91)42(87)32(77)15(2)97-59/h14-15,20-62,67-71,76-93H,7-13H2,1-6H3,(H,63,72)(H,64,73)(H,65,74)(H,66,75)/t14-,15-,20+,21+,22+,23+,24+,25+,26+,27+,28+,29+,30+,31+,32+,33+,34-,35-,36-,37-,38+,39+,40+,41+,42+,43-,44-,45-,46-,47+,48+,49+,50-,51-,52+,53+,54?,55+,56+,57-,58-,59-,60-,61-,62-/m0/s1. The van der Waals surface area contributed by atoms with Gasteiger partial charge >= 0.3 is 0 Å². The van der Waals surface area contributed by atoms with E-state index >= 15 is 0 Å². The highest BCUT2D eigenvalue weighted by Crippen LogP contribution is 2.39. The minimum absolute atomic E-state index is 0.767. The Bertz CT molecular complexity index is 2940. The van der Waals surface area contributed by atoms with E-state index in [1.54, 1.807) is 0 Å². The first-order valence-electron chi connectivity index (χ1n) is 35.3. The van der Waals surface area contributed by atoms with E-state index < -0.39 is 346 Å². The van der Waals surface area contributed by atoms with Gasteiger partial charge in [-0.1, -0.05) is 0 Å². The van der Waals surface area contributed by atoms with Crippen molar-refractivity contribution in [2.45, 2.75) is 318 Å². The Balaban J connectivity index is 1.03. The zero-order valence-electron chi connectivity index (χ0n) is 59.8. The first-order chi connectivity index (χ1) is 51.9. The number of hydrogen-bond acceptors (Lipinski definition) is 44. The fourth-order valence-electron chi connectivity index (χ4n) is 14.2. The molecular formula is C62H104N4O44. The molecule has 0 radical (unpaired) electrons. The van der Waals surface area contributed by atoms with Crippen LogP contribution in [0.3, 0.4) is 0 Å². The average Bonchev–Trinajstić information content (AvgIpc) is 0.769. The maximum absolute atomic E-state index is 13.2. The first-order valence-corrected chi connectivity index (χ1v) is 35.3. The normalized spacial score (nSPS) is 49.6. The van der Waals surface area contributed by atoms with Crippen LogP contribution in [0, 0.1) is 0 Å². The van der Waals surface area contributed by atoms with Gasteiger partial charge in [0.25, 0.3) is 0 Å². The van der Waals surface area contributed by atoms with Crippen molar-refractivity contribution >= 4 is 23.6 Å². The number of ether oxygens (including phenoxy) is 17. The van der Waals surface area contributed by atoms with Gasteiger partial charge in [-0.3, -0.25) is 19.2 Å². The predicted octanol–water partition coefficient (Wildman–Crippen LogP) is -18.0. The zero-order chi connectivity index (χ0) is 81.1. The molecule has 9 saturated heterocycles. The van der Waals surface area contributed by atoms with Crippen molar-refractivity contribution in [3.8, 4) is 0 Å². The smallest absolute Gasteiger partial charge is 0.217 e. The van der Waals surface area contributed by atoms with Crippen molar-refractivity contribution in [3.63, 3.8) is 0 Å². The highest BCUT2D eigenvalue weighted by atomic mass is 16.8. The molecule has 0 aromatic heterocycles. The van der Waals surface area contributed by atoms with Gasteiger partial charge in [0.05, 0.1) is 58.5 Å². The summed E-state index contributed by atoms with van der Waals surface area (Å²) < 4.78 is 101. The van der Waals surface area contributed by atoms with Crippen LogP contribution in [0.5, 0.6) is 0 Å². The van der Waals surface area contributed by atoms with Gasteiger partial charge in [0.15, 0.2) is 56.6 Å². The second-order valence-corrected chi connectivity index (χ2v) is 28.2. The van der Waals surface area contributed by atoms with Gasteiger partial charge in [0.1, 0.15) is 207 Å². The van der Waals surface area contributed by atoms with Crippen molar-refractivity contribution in [3.05, 3.63) is 0 Å². The van der Waals surface area contributed by atoms with Crippen LogP contribution >= 0.6 is 0 Å². The van der Waals surface area contributed by atoms with Crippen molar-refractivity contribution in [1.29, 1.82) is 0 Å². The lowest BCUT2D eigenvalue weighted by molar-refractivity contribution is -0.392. The number of aliphatic hydroxyl groups excluding tert-OH is 23. The quantitative estimate of drug-likeness (QED) is 0.0363. The molecule has 45 atom stereocenters. The van der Waals surface area contributed by atoms with E-state index in [0.717, 1.165) is 27.7 Å². The lowest BCUT2D eigenvalue weighted by Gasteiger charge is -2.51. The summed E-state index contributed by atoms with van der Waals surface area (Å²) in [5.41, 5.74) is 0. The highest BCUT2D eigenvalue weighted by molar-refractivity contribution is 5.74. The molecule has 48 heteroatoms. The Morgan fingerprint density at radius 2 is 0.555 bits per heavy atom. The minimum Gasteiger partial charge on any atom is -0.394 e. The van der Waals surface area contributed by atoms with Gasteiger partial charge in [0, 0.05) is 27.7 Å². The molecule has 0 saturated carbocycles. The number of nitrogens with one attached hydrogen (secondary N) is 4. The average molecular weight is 1610 g/mol. The third kappa shape index (κ3) is 19.9. The van der Waals surface area contributed by atoms with Crippen LogP contribution < -0.4 is 21.3 Å². The molecule has 0 aliphatic carbocycles. The molecule has 9 fully saturated rings. The minimum atomic E-state index is -2.50. The van der Waals surface area contributed by atoms with Crippen LogP contribution in [0.15, 0.2) is 0 Å². The van der Waals surface area contributed by atoms with Crippen molar-refractivity contribution < 1.29 is 217 Å². The van der Waals surface area contributed by atoms with Gasteiger partial charge in [-0.25, -0.2) is 0 Å². The maximum atomic E-state index is 13.2. The Labute approximate surface area is 624 Å². The topological polar surface area (TPSA) is 739 Å². The number of amides is 4. The van der Waals surface area contributed by atoms with E-state index in [4.69, 9.17) is 80.5 Å². The molecule has 110 heavy (non-hydrogen) atoms. The Hall–Kier alpha value is -3.72. The molecule has 9 heterocycles. The second-order valence-electron chi connectivity index (χ2n) is 28.2. The maximum Gasteiger partial charge on any atom is 0.217 e. The third-order valence-corrected chi connectivity index (χ3v) is 20.3. The molecule has 0 spiro atoms. The molecule has 9 aliphatic rings. The van der Waals surface area contributed by atoms with Gasteiger partial charge in [-0.05, 0) is 13.8 Å². The van der Waals surface area contributed by atoms with Crippen LogP contribution in [0.1, 0.15) is 41.5 Å². The summed E-state index contributed by atoms with van der Waals surface area (Å²) in [4.78, 5) is 51.4. The van der Waals surface area contributed by atoms with E-state index in [1.165, 1.54) is 13.8 Å². The molecular weight excluding hydrogens is 1500 g/mol. The van der Waals surface area contributed by atoms with E-state index in [2.05, 4.69) is 21.3 Å². The number of hydrogen-bond donors (Lipinski definition) is 27. The Morgan fingerprint density at radius 3 is 0.964 bits per heavy atom. The largest absolute Gasteiger partial charge is 0.394 e. The molecule has 1 unspecified atom stereocenters. The second kappa shape index (κ2) is 39.0. The lowest BCUT2D eigenvalue weighted by Crippen LogP contribution is -2.71. The van der Waals surface area contributed by atoms with Crippen LogP contribution in [-0.4, -0.2) is 463 Å². The molecule has 48 nitrogen and oxygen atoms in total. The summed E-state index contributed by atoms with van der Waals surface area (Å²) in [7, 11) is 0. The third-order valence-electron chi connectivity index (χ3n) is 20.3. The molecule has 9 aliphatic heterocycles. The number of aliphatic hydroxyl groups is 23. The van der Waals surface area contributed by atoms with Crippen molar-refractivity contribution in [2.75, 3.05) is 46.2 Å². The van der Waals surface area contributed by atoms with Gasteiger partial charge in [0.2, 0.25) is 23.6 Å². The molecule has 0 aromatic rings. The lowest BCUT2D eigenvalue weighted by atomic mass is 9.93. The van der Waals surface area contributed by atoms with Crippen molar-refractivity contribution in [1.82, 2.24) is 21.3 Å². The predicted molar refractivity (Wildman–Crippen MR) is 341 cm³/mol. The van der Waals surface area contributed by atoms with Crippen LogP contribution in [-0.2, 0) is 99.7 Å². The van der Waals surface area contributed by atoms with Crippen LogP contribution in [0.2, 0.25) is 0 Å². The fraction of sp³-hybridized carbons (Fsp3) is 0.935. The SMILES string of the molecule is CC(=O)N[C@H]1[C@H](OC[C@H]2O[C@@H](O[C@@H]3[C@@H](O)[C@@H](CO[C@@H]4O[C@H](CO)[C@@H](O)[C@H](O)[C@H]4NC(C)=O)OC(O)[C@@H]3NC(C)=O)[C@H](O)[C@@H](O[C@@H]3O[C@H](CO)[C@@H](O[C@@H]4O[C@H](CO)[C@H](O)[C@H](O)[C@H]4O[C@@H]4O[C@@H](C)[C@@H](O)[C@@H](O)[C@@H]4O)[C@H](O)[C@H]3NC(C)=O)[C@H]2O)O[C@H](CO)[C@@H](O[C@@H]2O[C@H](CO)[C@H](O)[C@H](O)[C@H]2O[C@@H]2O[C@@H](C)[C@@H](O)[C@@H](O)[C@@H]2O)[C@@H]1O. The number of rotatable bonds is 27. The molecule has 0 aromatic carbocycles. The van der Waals surface area contributed by atoms with Gasteiger partial charge in [-0.2, -0.15) is 0 Å². The monoisotopic (exact) mass is 1610 g/mol. The number of carbonyl (C=O) groups excluding carboxylic acids is 4. The van der Waals surface area contributed by atoms with E-state index in [-0.39, 0.29) is 0 Å². The zero-order valence-corrected chi connectivity index (χ0v) is 59.8. The number of carbonyl (C=O) groups is 4. The fourth-order valence-corrected chi connectivity index (χ4v) is 14.2. The summed E-state index contributed by atoms with van der Waals surface area (Å²) in [6.45, 7) is -0.813. The molecule has 27 N–H and O–H groups in total. The Kier molecular flexibility index (Phi) is 32.0. The van der Waals surface area contributed by atoms with Gasteiger partial charge < -0.3 is 219 Å².